The zero-order valence-electron chi connectivity index (χ0n) is 21.8. The second-order valence-electron chi connectivity index (χ2n) is 9.20. The number of ether oxygens (including phenoxy) is 1. The van der Waals surface area contributed by atoms with E-state index in [1.54, 1.807) is 49.4 Å². The zero-order chi connectivity index (χ0) is 27.8. The van der Waals surface area contributed by atoms with Crippen LogP contribution < -0.4 is 14.4 Å². The molecule has 0 bridgehead atoms. The molecule has 0 aliphatic carbocycles. The molecule has 1 unspecified atom stereocenters. The molecule has 0 saturated carbocycles. The highest BCUT2D eigenvalue weighted by atomic mass is 35.5. The summed E-state index contributed by atoms with van der Waals surface area (Å²) in [6, 6.07) is 11.1. The van der Waals surface area contributed by atoms with Gasteiger partial charge in [0, 0.05) is 26.1 Å². The number of sulfonamides is 1. The summed E-state index contributed by atoms with van der Waals surface area (Å²) in [5.41, 5.74) is 1.12. The Morgan fingerprint density at radius 2 is 1.73 bits per heavy atom. The molecule has 8 nitrogen and oxygen atoms in total. The van der Waals surface area contributed by atoms with E-state index in [0.717, 1.165) is 11.8 Å². The molecule has 0 aliphatic rings. The van der Waals surface area contributed by atoms with Gasteiger partial charge >= 0.3 is 0 Å². The molecule has 0 saturated heterocycles. The molecule has 2 aromatic rings. The summed E-state index contributed by atoms with van der Waals surface area (Å²) < 4.78 is 31.6. The third-order valence-corrected chi connectivity index (χ3v) is 7.61. The number of anilines is 1. The number of methoxy groups -OCH3 is 1. The van der Waals surface area contributed by atoms with Crippen molar-refractivity contribution in [3.05, 3.63) is 58.1 Å². The van der Waals surface area contributed by atoms with Crippen LogP contribution in [-0.2, 0) is 26.2 Å². The van der Waals surface area contributed by atoms with Crippen LogP contribution in [-0.4, -0.2) is 57.6 Å². The van der Waals surface area contributed by atoms with Crippen LogP contribution in [0.15, 0.2) is 42.5 Å². The lowest BCUT2D eigenvalue weighted by molar-refractivity contribution is -0.140. The monoisotopic (exact) mass is 571 g/mol. The standard InChI is InChI=1S/C26H35Cl2N3O5S/c1-18(2)16-29-26(33)19(3)30(17-20-12-13-21(27)22(28)15-20)25(32)11-8-14-31(37(5,34)35)23-9-6-7-10-24(23)36-4/h6-7,9-10,12-13,15,18-19H,8,11,14,16-17H2,1-5H3,(H,29,33). The minimum Gasteiger partial charge on any atom is -0.495 e. The Morgan fingerprint density at radius 3 is 2.32 bits per heavy atom. The second-order valence-corrected chi connectivity index (χ2v) is 11.9. The lowest BCUT2D eigenvalue weighted by Crippen LogP contribution is -2.48. The first-order chi connectivity index (χ1) is 17.3. The number of amides is 2. The summed E-state index contributed by atoms with van der Waals surface area (Å²) in [5.74, 6) is 0.115. The Balaban J connectivity index is 2.21. The smallest absolute Gasteiger partial charge is 0.242 e. The third kappa shape index (κ3) is 9.09. The molecule has 0 aliphatic heterocycles. The maximum Gasteiger partial charge on any atom is 0.242 e. The van der Waals surface area contributed by atoms with Crippen molar-refractivity contribution in [1.82, 2.24) is 10.2 Å². The van der Waals surface area contributed by atoms with E-state index in [1.165, 1.54) is 16.3 Å². The van der Waals surface area contributed by atoms with Crippen LogP contribution >= 0.6 is 23.2 Å². The van der Waals surface area contributed by atoms with Crippen molar-refractivity contribution in [2.75, 3.05) is 30.8 Å². The first-order valence-corrected chi connectivity index (χ1v) is 14.6. The van der Waals surface area contributed by atoms with Crippen molar-refractivity contribution in [3.63, 3.8) is 0 Å². The fourth-order valence-corrected chi connectivity index (χ4v) is 4.98. The van der Waals surface area contributed by atoms with Gasteiger partial charge in [-0.15, -0.1) is 0 Å². The highest BCUT2D eigenvalue weighted by Crippen LogP contribution is 2.30. The second kappa shape index (κ2) is 13.9. The Bertz CT molecular complexity index is 1190. The van der Waals surface area contributed by atoms with Gasteiger partial charge in [0.05, 0.1) is 29.1 Å². The topological polar surface area (TPSA) is 96.0 Å². The average Bonchev–Trinajstić information content (AvgIpc) is 2.84. The Hall–Kier alpha value is -2.49. The van der Waals surface area contributed by atoms with Gasteiger partial charge in [0.1, 0.15) is 11.8 Å². The largest absolute Gasteiger partial charge is 0.495 e. The van der Waals surface area contributed by atoms with Crippen molar-refractivity contribution >= 4 is 50.7 Å². The zero-order valence-corrected chi connectivity index (χ0v) is 24.2. The number of nitrogens with one attached hydrogen (secondary N) is 1. The molecule has 11 heteroatoms. The Morgan fingerprint density at radius 1 is 1.05 bits per heavy atom. The van der Waals surface area contributed by atoms with Crippen LogP contribution in [0.2, 0.25) is 10.0 Å². The van der Waals surface area contributed by atoms with E-state index < -0.39 is 16.1 Å². The van der Waals surface area contributed by atoms with Crippen molar-refractivity contribution in [1.29, 1.82) is 0 Å². The molecule has 37 heavy (non-hydrogen) atoms. The number of benzene rings is 2. The minimum atomic E-state index is -3.63. The fourth-order valence-electron chi connectivity index (χ4n) is 3.69. The maximum absolute atomic E-state index is 13.4. The molecule has 0 spiro atoms. The van der Waals surface area contributed by atoms with Crippen LogP contribution in [0.1, 0.15) is 39.2 Å². The van der Waals surface area contributed by atoms with Crippen LogP contribution in [0.3, 0.4) is 0 Å². The number of hydrogen-bond acceptors (Lipinski definition) is 5. The van der Waals surface area contributed by atoms with Crippen LogP contribution in [0.5, 0.6) is 5.75 Å². The summed E-state index contributed by atoms with van der Waals surface area (Å²) in [6.45, 7) is 6.34. The summed E-state index contributed by atoms with van der Waals surface area (Å²) in [5, 5.41) is 3.61. The molecular weight excluding hydrogens is 537 g/mol. The van der Waals surface area contributed by atoms with E-state index in [4.69, 9.17) is 27.9 Å². The van der Waals surface area contributed by atoms with E-state index in [9.17, 15) is 18.0 Å². The van der Waals surface area contributed by atoms with Crippen molar-refractivity contribution in [3.8, 4) is 5.75 Å². The summed E-state index contributed by atoms with van der Waals surface area (Å²) in [6.07, 6.45) is 1.38. The van der Waals surface area contributed by atoms with Gasteiger partial charge in [0.25, 0.3) is 0 Å². The Kier molecular flexibility index (Phi) is 11.5. The SMILES string of the molecule is COc1ccccc1N(CCCC(=O)N(Cc1ccc(Cl)c(Cl)c1)C(C)C(=O)NCC(C)C)S(C)(=O)=O. The molecule has 2 aromatic carbocycles. The van der Waals surface area contributed by atoms with Crippen molar-refractivity contribution in [2.24, 2.45) is 5.92 Å². The third-order valence-electron chi connectivity index (χ3n) is 5.69. The van der Waals surface area contributed by atoms with Gasteiger partial charge in [-0.05, 0) is 49.1 Å². The van der Waals surface area contributed by atoms with Crippen molar-refractivity contribution in [2.45, 2.75) is 46.2 Å². The molecule has 0 radical (unpaired) electrons. The maximum atomic E-state index is 13.4. The lowest BCUT2D eigenvalue weighted by atomic mass is 10.1. The van der Waals surface area contributed by atoms with Crippen molar-refractivity contribution < 1.29 is 22.7 Å². The first-order valence-electron chi connectivity index (χ1n) is 12.0. The average molecular weight is 573 g/mol. The Labute approximate surface area is 229 Å². The quantitative estimate of drug-likeness (QED) is 0.374. The van der Waals surface area contributed by atoms with Gasteiger partial charge in [-0.3, -0.25) is 13.9 Å². The number of carbonyl (C=O) groups excluding carboxylic acids is 2. The summed E-state index contributed by atoms with van der Waals surface area (Å²) >= 11 is 12.2. The predicted molar refractivity (Wildman–Crippen MR) is 149 cm³/mol. The number of hydrogen-bond donors (Lipinski definition) is 1. The van der Waals surface area contributed by atoms with Crippen LogP contribution in [0, 0.1) is 5.92 Å². The summed E-state index contributed by atoms with van der Waals surface area (Å²) in [7, 11) is -2.17. The van der Waals surface area contributed by atoms with E-state index in [1.807, 2.05) is 13.8 Å². The highest BCUT2D eigenvalue weighted by Gasteiger charge is 2.27. The van der Waals surface area contributed by atoms with Gasteiger partial charge in [0.15, 0.2) is 0 Å². The van der Waals surface area contributed by atoms with Gasteiger partial charge in [-0.25, -0.2) is 8.42 Å². The van der Waals surface area contributed by atoms with Gasteiger partial charge in [-0.2, -0.15) is 0 Å². The molecule has 204 valence electrons. The van der Waals surface area contributed by atoms with Gasteiger partial charge in [-0.1, -0.05) is 55.2 Å². The van der Waals surface area contributed by atoms with E-state index >= 15 is 0 Å². The lowest BCUT2D eigenvalue weighted by Gasteiger charge is -2.30. The molecule has 2 rings (SSSR count). The van der Waals surface area contributed by atoms with Crippen LogP contribution in [0.25, 0.3) is 0 Å². The molecule has 0 heterocycles. The number of nitrogens with zero attached hydrogens (tertiary/aromatic N) is 2. The highest BCUT2D eigenvalue weighted by molar-refractivity contribution is 7.92. The molecular formula is C26H35Cl2N3O5S. The number of carbonyl (C=O) groups is 2. The predicted octanol–water partition coefficient (Wildman–Crippen LogP) is 4.74. The molecule has 0 fully saturated rings. The van der Waals surface area contributed by atoms with E-state index in [0.29, 0.717) is 28.0 Å². The van der Waals surface area contributed by atoms with Gasteiger partial charge < -0.3 is 15.0 Å². The van der Waals surface area contributed by atoms with Gasteiger partial charge in [0.2, 0.25) is 21.8 Å². The minimum absolute atomic E-state index is 0.0320. The normalized spacial score (nSPS) is 12.2. The number of para-hydroxylation sites is 2. The summed E-state index contributed by atoms with van der Waals surface area (Å²) in [4.78, 5) is 27.7. The van der Waals surface area contributed by atoms with E-state index in [-0.39, 0.29) is 43.7 Å². The van der Waals surface area contributed by atoms with E-state index in [2.05, 4.69) is 5.32 Å². The van der Waals surface area contributed by atoms with Crippen LogP contribution in [0.4, 0.5) is 5.69 Å². The molecule has 1 N–H and O–H groups in total. The first kappa shape index (κ1) is 30.7. The molecule has 2 amide bonds. The number of rotatable bonds is 13. The number of halogens is 2. The fraction of sp³-hybridized carbons (Fsp3) is 0.462. The molecule has 0 aromatic heterocycles. The molecule has 1 atom stereocenters.